The van der Waals surface area contributed by atoms with Gasteiger partial charge in [0.2, 0.25) is 5.91 Å². The first-order valence-electron chi connectivity index (χ1n) is 8.42. The highest BCUT2D eigenvalue weighted by molar-refractivity contribution is 5.80. The van der Waals surface area contributed by atoms with Gasteiger partial charge in [-0.15, -0.1) is 0 Å². The fraction of sp³-hybridized carbons (Fsp3) is 0.421. The number of hydrogen-bond acceptors (Lipinski definition) is 3. The highest BCUT2D eigenvalue weighted by atomic mass is 16.5. The molecule has 1 aromatic heterocycles. The zero-order chi connectivity index (χ0) is 16.7. The van der Waals surface area contributed by atoms with E-state index >= 15 is 0 Å². The van der Waals surface area contributed by atoms with Crippen LogP contribution in [0.15, 0.2) is 36.5 Å². The van der Waals surface area contributed by atoms with Crippen molar-refractivity contribution in [2.45, 2.75) is 25.9 Å². The van der Waals surface area contributed by atoms with Gasteiger partial charge in [-0.05, 0) is 37.1 Å². The van der Waals surface area contributed by atoms with Gasteiger partial charge in [-0.2, -0.15) is 0 Å². The van der Waals surface area contributed by atoms with E-state index < -0.39 is 0 Å². The zero-order valence-corrected chi connectivity index (χ0v) is 14.1. The summed E-state index contributed by atoms with van der Waals surface area (Å²) in [6, 6.07) is 10.1. The number of benzene rings is 1. The maximum absolute atomic E-state index is 13.0. The van der Waals surface area contributed by atoms with Crippen LogP contribution < -0.4 is 9.47 Å². The molecule has 0 saturated carbocycles. The topological polar surface area (TPSA) is 43.7 Å². The molecule has 0 radical (unpaired) electrons. The Kier molecular flexibility index (Phi) is 3.71. The van der Waals surface area contributed by atoms with Gasteiger partial charge >= 0.3 is 0 Å². The Morgan fingerprint density at radius 3 is 3.00 bits per heavy atom. The second kappa shape index (κ2) is 5.89. The molecule has 2 aromatic rings. The van der Waals surface area contributed by atoms with Gasteiger partial charge in [0.25, 0.3) is 0 Å². The smallest absolute Gasteiger partial charge is 0.230 e. The Morgan fingerprint density at radius 1 is 1.29 bits per heavy atom. The Morgan fingerprint density at radius 2 is 2.17 bits per heavy atom. The van der Waals surface area contributed by atoms with E-state index in [4.69, 9.17) is 9.47 Å². The largest absolute Gasteiger partial charge is 0.497 e. The minimum absolute atomic E-state index is 0.110. The molecule has 0 aliphatic carbocycles. The number of carbonyl (C=O) groups excluding carboxylic acids is 1. The van der Waals surface area contributed by atoms with Crippen LogP contribution in [0.1, 0.15) is 24.2 Å². The van der Waals surface area contributed by atoms with Crippen molar-refractivity contribution in [1.29, 1.82) is 0 Å². The lowest BCUT2D eigenvalue weighted by Gasteiger charge is -2.38. The van der Waals surface area contributed by atoms with Gasteiger partial charge in [0, 0.05) is 31.0 Å². The molecule has 2 atom stereocenters. The number of ether oxygens (including phenoxy) is 2. The van der Waals surface area contributed by atoms with Crippen molar-refractivity contribution in [2.24, 2.45) is 5.92 Å². The first-order valence-corrected chi connectivity index (χ1v) is 8.42. The third kappa shape index (κ3) is 2.44. The van der Waals surface area contributed by atoms with Crippen LogP contribution in [-0.2, 0) is 17.8 Å². The molecule has 1 amide bonds. The van der Waals surface area contributed by atoms with Crippen LogP contribution in [0, 0.1) is 5.92 Å². The quantitative estimate of drug-likeness (QED) is 0.852. The first-order chi connectivity index (χ1) is 11.7. The molecule has 2 aliphatic rings. The molecular formula is C19H22N2O3. The third-order valence-corrected chi connectivity index (χ3v) is 5.15. The first kappa shape index (κ1) is 15.1. The SMILES string of the molecule is COc1ccc2c(c1)OC[C@H](C(=O)N1CCn3cccc3[C@@H]1C)C2. The molecule has 2 aliphatic heterocycles. The minimum atomic E-state index is -0.116. The number of rotatable bonds is 2. The fourth-order valence-corrected chi connectivity index (χ4v) is 3.75. The molecule has 3 heterocycles. The van der Waals surface area contributed by atoms with Crippen molar-refractivity contribution < 1.29 is 14.3 Å². The number of carbonyl (C=O) groups is 1. The van der Waals surface area contributed by atoms with E-state index in [2.05, 4.69) is 23.8 Å². The molecule has 126 valence electrons. The number of amides is 1. The van der Waals surface area contributed by atoms with E-state index in [1.807, 2.05) is 29.2 Å². The summed E-state index contributed by atoms with van der Waals surface area (Å²) in [6.07, 6.45) is 2.81. The highest BCUT2D eigenvalue weighted by Gasteiger charge is 2.34. The molecule has 4 rings (SSSR count). The van der Waals surface area contributed by atoms with Crippen molar-refractivity contribution >= 4 is 5.91 Å². The lowest BCUT2D eigenvalue weighted by Crippen LogP contribution is -2.46. The summed E-state index contributed by atoms with van der Waals surface area (Å²) in [4.78, 5) is 15.0. The summed E-state index contributed by atoms with van der Waals surface area (Å²) in [5.74, 6) is 1.69. The standard InChI is InChI=1S/C19H22N2O3/c1-13-17-4-3-7-20(17)8-9-21(13)19(22)15-10-14-5-6-16(23-2)11-18(14)24-12-15/h3-7,11,13,15H,8-10,12H2,1-2H3/t13-,15+/m0/s1. The van der Waals surface area contributed by atoms with Crippen molar-refractivity contribution in [1.82, 2.24) is 9.47 Å². The molecule has 0 saturated heterocycles. The average molecular weight is 326 g/mol. The monoisotopic (exact) mass is 326 g/mol. The van der Waals surface area contributed by atoms with Crippen LogP contribution in [0.4, 0.5) is 0 Å². The van der Waals surface area contributed by atoms with Crippen LogP contribution in [0.3, 0.4) is 0 Å². The van der Waals surface area contributed by atoms with Crippen molar-refractivity contribution in [3.8, 4) is 11.5 Å². The molecule has 5 nitrogen and oxygen atoms in total. The van der Waals surface area contributed by atoms with Gasteiger partial charge in [0.1, 0.15) is 18.1 Å². The maximum Gasteiger partial charge on any atom is 0.230 e. The summed E-state index contributed by atoms with van der Waals surface area (Å²) in [5.41, 5.74) is 2.28. The van der Waals surface area contributed by atoms with Crippen molar-refractivity contribution in [2.75, 3.05) is 20.3 Å². The molecule has 0 fully saturated rings. The van der Waals surface area contributed by atoms with Gasteiger partial charge in [-0.25, -0.2) is 0 Å². The number of hydrogen-bond donors (Lipinski definition) is 0. The Balaban J connectivity index is 1.52. The Bertz CT molecular complexity index is 768. The van der Waals surface area contributed by atoms with Crippen LogP contribution in [0.5, 0.6) is 11.5 Å². The molecule has 0 spiro atoms. The average Bonchev–Trinajstić information content (AvgIpc) is 3.10. The normalized spacial score (nSPS) is 22.3. The molecule has 0 unspecified atom stereocenters. The molecule has 5 heteroatoms. The van der Waals surface area contributed by atoms with Gasteiger partial charge in [-0.3, -0.25) is 4.79 Å². The van der Waals surface area contributed by atoms with E-state index in [-0.39, 0.29) is 17.9 Å². The number of aromatic nitrogens is 1. The van der Waals surface area contributed by atoms with Crippen LogP contribution in [0.2, 0.25) is 0 Å². The van der Waals surface area contributed by atoms with E-state index in [9.17, 15) is 4.79 Å². The van der Waals surface area contributed by atoms with Gasteiger partial charge in [0.15, 0.2) is 0 Å². The number of fused-ring (bicyclic) bond motifs is 2. The summed E-state index contributed by atoms with van der Waals surface area (Å²) in [7, 11) is 1.64. The Labute approximate surface area is 141 Å². The third-order valence-electron chi connectivity index (χ3n) is 5.15. The summed E-state index contributed by atoms with van der Waals surface area (Å²) in [5, 5.41) is 0. The lowest BCUT2D eigenvalue weighted by molar-refractivity contribution is -0.140. The fourth-order valence-electron chi connectivity index (χ4n) is 3.75. The van der Waals surface area contributed by atoms with Gasteiger partial charge in [-0.1, -0.05) is 6.07 Å². The predicted octanol–water partition coefficient (Wildman–Crippen LogP) is 2.65. The van der Waals surface area contributed by atoms with E-state index in [1.165, 1.54) is 5.69 Å². The van der Waals surface area contributed by atoms with Crippen molar-refractivity contribution in [3.63, 3.8) is 0 Å². The summed E-state index contributed by atoms with van der Waals surface area (Å²) >= 11 is 0. The molecular weight excluding hydrogens is 304 g/mol. The van der Waals surface area contributed by atoms with Gasteiger partial charge < -0.3 is 18.9 Å². The van der Waals surface area contributed by atoms with E-state index in [0.29, 0.717) is 6.61 Å². The van der Waals surface area contributed by atoms with E-state index in [0.717, 1.165) is 36.6 Å². The number of nitrogens with zero attached hydrogens (tertiary/aromatic N) is 2. The molecule has 0 bridgehead atoms. The van der Waals surface area contributed by atoms with E-state index in [1.54, 1.807) is 7.11 Å². The molecule has 24 heavy (non-hydrogen) atoms. The Hall–Kier alpha value is -2.43. The molecule has 0 N–H and O–H groups in total. The highest BCUT2D eigenvalue weighted by Crippen LogP contribution is 2.33. The minimum Gasteiger partial charge on any atom is -0.497 e. The predicted molar refractivity (Wildman–Crippen MR) is 90.2 cm³/mol. The van der Waals surface area contributed by atoms with Crippen molar-refractivity contribution in [3.05, 3.63) is 47.8 Å². The van der Waals surface area contributed by atoms with Crippen LogP contribution >= 0.6 is 0 Å². The van der Waals surface area contributed by atoms with Gasteiger partial charge in [0.05, 0.1) is 19.1 Å². The molecule has 1 aromatic carbocycles. The number of methoxy groups -OCH3 is 1. The van der Waals surface area contributed by atoms with Crippen LogP contribution in [-0.4, -0.2) is 35.6 Å². The maximum atomic E-state index is 13.0. The lowest BCUT2D eigenvalue weighted by atomic mass is 9.94. The zero-order valence-electron chi connectivity index (χ0n) is 14.1. The summed E-state index contributed by atoms with van der Waals surface area (Å²) < 4.78 is 13.3. The summed E-state index contributed by atoms with van der Waals surface area (Å²) in [6.45, 7) is 4.15. The van der Waals surface area contributed by atoms with Crippen LogP contribution in [0.25, 0.3) is 0 Å². The second-order valence-corrected chi connectivity index (χ2v) is 6.52. The second-order valence-electron chi connectivity index (χ2n) is 6.52.